The van der Waals surface area contributed by atoms with E-state index in [0.29, 0.717) is 23.5 Å². The van der Waals surface area contributed by atoms with Crippen LogP contribution in [0.2, 0.25) is 0 Å². The zero-order chi connectivity index (χ0) is 19.5. The molecular weight excluding hydrogens is 374 g/mol. The minimum Gasteiger partial charge on any atom is -0.412 e. The molecule has 1 aliphatic heterocycles. The van der Waals surface area contributed by atoms with Crippen LogP contribution in [-0.2, 0) is 11.2 Å². The molecule has 0 radical (unpaired) electrons. The predicted molar refractivity (Wildman–Crippen MR) is 109 cm³/mol. The summed E-state index contributed by atoms with van der Waals surface area (Å²) in [4.78, 5) is 13.2. The second-order valence-electron chi connectivity index (χ2n) is 7.09. The van der Waals surface area contributed by atoms with E-state index < -0.39 is 18.4 Å². The number of nitrogens with zero attached hydrogens (tertiary/aromatic N) is 4. The molecule has 3 heterocycles. The third kappa shape index (κ3) is 4.54. The fourth-order valence-corrected chi connectivity index (χ4v) is 3.41. The van der Waals surface area contributed by atoms with Crippen molar-refractivity contribution in [3.63, 3.8) is 0 Å². The number of fused-ring (bicyclic) bond motifs is 1. The average Bonchev–Trinajstić information content (AvgIpc) is 3.30. The van der Waals surface area contributed by atoms with Crippen molar-refractivity contribution in [2.24, 2.45) is 0 Å². The molecule has 1 saturated heterocycles. The Bertz CT molecular complexity index is 930. The van der Waals surface area contributed by atoms with Gasteiger partial charge in [-0.25, -0.2) is 9.97 Å². The summed E-state index contributed by atoms with van der Waals surface area (Å²) in [6, 6.07) is 8.28. The predicted octanol–water partition coefficient (Wildman–Crippen LogP) is 1.73. The highest BCUT2D eigenvalue weighted by molar-refractivity contribution is 5.72. The minimum absolute atomic E-state index is 0. The summed E-state index contributed by atoms with van der Waals surface area (Å²) in [5, 5.41) is 22.5. The molecule has 0 unspecified atom stereocenters. The van der Waals surface area contributed by atoms with Gasteiger partial charge in [0.1, 0.15) is 17.8 Å². The summed E-state index contributed by atoms with van der Waals surface area (Å²) in [5.41, 5.74) is 3.50. The highest BCUT2D eigenvalue weighted by Gasteiger charge is 2.35. The monoisotopic (exact) mass is 401 g/mol. The van der Waals surface area contributed by atoms with Crippen molar-refractivity contribution < 1.29 is 20.4 Å². The number of aromatic nitrogens is 4. The second kappa shape index (κ2) is 9.27. The standard InChI is InChI=1S/C20H25N5O3.H2O/c1-2-3-4-13-5-7-14(8-6-13)23-20-21-10-15-19(24-20)25(12-22-15)18-9-16(27)17(11-26)28-18;/h5-8,10,12,16-18,26-27H,2-4,9,11H2,1H3,(H,21,23,24);1H2/t16-,17+,18+;/m0./s1. The number of nitrogens with one attached hydrogen (secondary N) is 1. The summed E-state index contributed by atoms with van der Waals surface area (Å²) in [6.07, 6.45) is 5.40. The first-order valence-electron chi connectivity index (χ1n) is 9.68. The van der Waals surface area contributed by atoms with Crippen molar-refractivity contribution in [2.45, 2.75) is 51.0 Å². The maximum atomic E-state index is 9.99. The quantitative estimate of drug-likeness (QED) is 0.548. The molecule has 1 fully saturated rings. The first kappa shape index (κ1) is 21.1. The summed E-state index contributed by atoms with van der Waals surface area (Å²) in [6.45, 7) is 1.97. The largest absolute Gasteiger partial charge is 0.412 e. The lowest BCUT2D eigenvalue weighted by atomic mass is 10.1. The fourth-order valence-electron chi connectivity index (χ4n) is 3.41. The molecule has 29 heavy (non-hydrogen) atoms. The van der Waals surface area contributed by atoms with Gasteiger partial charge in [0.15, 0.2) is 5.65 Å². The van der Waals surface area contributed by atoms with Gasteiger partial charge in [0.2, 0.25) is 5.95 Å². The summed E-state index contributed by atoms with van der Waals surface area (Å²) in [7, 11) is 0. The molecule has 0 saturated carbocycles. The third-order valence-corrected chi connectivity index (χ3v) is 5.04. The Morgan fingerprint density at radius 2 is 2.03 bits per heavy atom. The molecule has 9 heteroatoms. The van der Waals surface area contributed by atoms with Crippen LogP contribution in [0.3, 0.4) is 0 Å². The van der Waals surface area contributed by atoms with E-state index in [1.165, 1.54) is 18.4 Å². The van der Waals surface area contributed by atoms with Crippen molar-refractivity contribution in [1.82, 2.24) is 19.5 Å². The van der Waals surface area contributed by atoms with Crippen LogP contribution in [0, 0.1) is 0 Å². The lowest BCUT2D eigenvalue weighted by Gasteiger charge is -2.14. The van der Waals surface area contributed by atoms with E-state index >= 15 is 0 Å². The normalized spacial score (nSPS) is 21.3. The Kier molecular flexibility index (Phi) is 6.75. The van der Waals surface area contributed by atoms with Crippen LogP contribution < -0.4 is 5.32 Å². The van der Waals surface area contributed by atoms with Gasteiger partial charge in [-0.3, -0.25) is 4.57 Å². The van der Waals surface area contributed by atoms with Crippen molar-refractivity contribution in [3.05, 3.63) is 42.4 Å². The number of aliphatic hydroxyl groups is 2. The lowest BCUT2D eigenvalue weighted by molar-refractivity contribution is -0.0432. The lowest BCUT2D eigenvalue weighted by Crippen LogP contribution is -2.24. The maximum Gasteiger partial charge on any atom is 0.229 e. The van der Waals surface area contributed by atoms with Gasteiger partial charge in [-0.1, -0.05) is 25.5 Å². The maximum absolute atomic E-state index is 9.99. The number of imidazole rings is 1. The van der Waals surface area contributed by atoms with Crippen molar-refractivity contribution >= 4 is 22.8 Å². The molecule has 9 nitrogen and oxygen atoms in total. The number of anilines is 2. The van der Waals surface area contributed by atoms with Crippen LogP contribution in [0.1, 0.15) is 38.0 Å². The fraction of sp³-hybridized carbons (Fsp3) is 0.450. The van der Waals surface area contributed by atoms with Crippen LogP contribution in [0.5, 0.6) is 0 Å². The second-order valence-corrected chi connectivity index (χ2v) is 7.09. The van der Waals surface area contributed by atoms with Gasteiger partial charge in [-0.05, 0) is 30.5 Å². The Morgan fingerprint density at radius 1 is 1.24 bits per heavy atom. The van der Waals surface area contributed by atoms with Gasteiger partial charge < -0.3 is 25.7 Å². The molecule has 0 amide bonds. The van der Waals surface area contributed by atoms with E-state index in [1.807, 2.05) is 12.1 Å². The van der Waals surface area contributed by atoms with Gasteiger partial charge >= 0.3 is 0 Å². The molecule has 0 spiro atoms. The average molecular weight is 401 g/mol. The van der Waals surface area contributed by atoms with Crippen LogP contribution in [0.4, 0.5) is 11.6 Å². The Morgan fingerprint density at radius 3 is 2.72 bits per heavy atom. The summed E-state index contributed by atoms with van der Waals surface area (Å²) < 4.78 is 7.49. The summed E-state index contributed by atoms with van der Waals surface area (Å²) >= 11 is 0. The van der Waals surface area contributed by atoms with Crippen LogP contribution in [0.25, 0.3) is 11.2 Å². The highest BCUT2D eigenvalue weighted by atomic mass is 16.5. The van der Waals surface area contributed by atoms with Gasteiger partial charge in [0, 0.05) is 12.1 Å². The molecule has 2 aromatic heterocycles. The minimum atomic E-state index is -0.710. The molecule has 156 valence electrons. The summed E-state index contributed by atoms with van der Waals surface area (Å²) in [5.74, 6) is 0.466. The highest BCUT2D eigenvalue weighted by Crippen LogP contribution is 2.30. The van der Waals surface area contributed by atoms with E-state index in [9.17, 15) is 10.2 Å². The van der Waals surface area contributed by atoms with Crippen LogP contribution in [-0.4, -0.2) is 54.0 Å². The van der Waals surface area contributed by atoms with Crippen LogP contribution in [0.15, 0.2) is 36.8 Å². The molecule has 5 N–H and O–H groups in total. The number of ether oxygens (including phenoxy) is 1. The van der Waals surface area contributed by atoms with Crippen molar-refractivity contribution in [3.8, 4) is 0 Å². The van der Waals surface area contributed by atoms with Crippen molar-refractivity contribution in [2.75, 3.05) is 11.9 Å². The number of hydrogen-bond donors (Lipinski definition) is 3. The topological polar surface area (TPSA) is 137 Å². The molecule has 3 aromatic rings. The molecule has 0 aliphatic carbocycles. The van der Waals surface area contributed by atoms with E-state index in [0.717, 1.165) is 12.1 Å². The van der Waals surface area contributed by atoms with E-state index in [4.69, 9.17) is 4.74 Å². The smallest absolute Gasteiger partial charge is 0.229 e. The number of unbranched alkanes of at least 4 members (excludes halogenated alkanes) is 1. The Hall–Kier alpha value is -2.59. The molecule has 1 aliphatic rings. The van der Waals surface area contributed by atoms with Gasteiger partial charge in [-0.2, -0.15) is 4.98 Å². The van der Waals surface area contributed by atoms with Crippen LogP contribution >= 0.6 is 0 Å². The Labute approximate surface area is 168 Å². The van der Waals surface area contributed by atoms with Gasteiger partial charge in [0.25, 0.3) is 0 Å². The van der Waals surface area contributed by atoms with Gasteiger partial charge in [-0.15, -0.1) is 0 Å². The van der Waals surface area contributed by atoms with Crippen molar-refractivity contribution in [1.29, 1.82) is 0 Å². The molecule has 0 bridgehead atoms. The van der Waals surface area contributed by atoms with E-state index in [2.05, 4.69) is 39.3 Å². The van der Waals surface area contributed by atoms with Gasteiger partial charge in [0.05, 0.1) is 25.2 Å². The molecule has 3 atom stereocenters. The zero-order valence-electron chi connectivity index (χ0n) is 16.3. The SMILES string of the molecule is CCCCc1ccc(Nc2ncc3ncn([C@H]4C[C@H](O)[C@@H](CO)O4)c3n2)cc1.O. The number of hydrogen-bond acceptors (Lipinski definition) is 7. The number of benzene rings is 1. The molecule has 4 rings (SSSR count). The van der Waals surface area contributed by atoms with E-state index in [1.54, 1.807) is 17.1 Å². The number of aliphatic hydroxyl groups excluding tert-OH is 2. The number of aryl methyl sites for hydroxylation is 1. The molecular formula is C20H27N5O4. The third-order valence-electron chi connectivity index (χ3n) is 5.04. The van der Waals surface area contributed by atoms with E-state index in [-0.39, 0.29) is 12.1 Å². The number of rotatable bonds is 7. The first-order valence-corrected chi connectivity index (χ1v) is 9.68. The molecule has 1 aromatic carbocycles. The zero-order valence-corrected chi connectivity index (χ0v) is 16.3. The Balaban J connectivity index is 0.00000240. The first-order chi connectivity index (χ1) is 13.7.